The number of hydrogen-bond acceptors (Lipinski definition) is 9. The summed E-state index contributed by atoms with van der Waals surface area (Å²) in [5.41, 5.74) is 5.89. The van der Waals surface area contributed by atoms with E-state index in [0.717, 1.165) is 19.3 Å². The molecule has 2 aromatic heterocycles. The lowest BCUT2D eigenvalue weighted by atomic mass is 10.1. The number of benzene rings is 1. The summed E-state index contributed by atoms with van der Waals surface area (Å²) in [6.07, 6.45) is 8.43. The van der Waals surface area contributed by atoms with Crippen LogP contribution in [0.1, 0.15) is 19.3 Å². The van der Waals surface area contributed by atoms with E-state index in [-0.39, 0.29) is 5.58 Å². The van der Waals surface area contributed by atoms with Gasteiger partial charge in [-0.15, -0.1) is 0 Å². The SMILES string of the molecule is COc1ccc2c(Nc3c(Cl)cncc3Cl)cc(=O)oc2c1OCCCCCN(N)/C=C\N. The van der Waals surface area contributed by atoms with Gasteiger partial charge < -0.3 is 30.0 Å². The van der Waals surface area contributed by atoms with Gasteiger partial charge in [0.25, 0.3) is 0 Å². The van der Waals surface area contributed by atoms with E-state index in [4.69, 9.17) is 48.7 Å². The first-order valence-corrected chi connectivity index (χ1v) is 10.9. The van der Waals surface area contributed by atoms with Crippen LogP contribution >= 0.6 is 23.2 Å². The molecule has 2 heterocycles. The number of nitrogens with two attached hydrogens (primary N) is 2. The van der Waals surface area contributed by atoms with Crippen molar-refractivity contribution >= 4 is 45.5 Å². The highest BCUT2D eigenvalue weighted by molar-refractivity contribution is 6.39. The number of anilines is 2. The average molecular weight is 494 g/mol. The number of hydrogen-bond donors (Lipinski definition) is 3. The van der Waals surface area contributed by atoms with Crippen LogP contribution in [0.3, 0.4) is 0 Å². The number of halogens is 2. The molecule has 0 spiro atoms. The molecule has 0 amide bonds. The molecule has 0 radical (unpaired) electrons. The van der Waals surface area contributed by atoms with E-state index in [1.165, 1.54) is 36.8 Å². The van der Waals surface area contributed by atoms with Gasteiger partial charge in [-0.05, 0) is 31.4 Å². The van der Waals surface area contributed by atoms with Crippen LogP contribution in [0.2, 0.25) is 10.0 Å². The Hall–Kier alpha value is -3.14. The largest absolute Gasteiger partial charge is 0.493 e. The smallest absolute Gasteiger partial charge is 0.338 e. The van der Waals surface area contributed by atoms with E-state index in [1.807, 2.05) is 0 Å². The summed E-state index contributed by atoms with van der Waals surface area (Å²) in [6.45, 7) is 1.07. The summed E-state index contributed by atoms with van der Waals surface area (Å²) in [5, 5.41) is 5.85. The zero-order valence-electron chi connectivity index (χ0n) is 18.0. The van der Waals surface area contributed by atoms with Crippen molar-refractivity contribution in [3.63, 3.8) is 0 Å². The maximum absolute atomic E-state index is 12.3. The fourth-order valence-corrected chi connectivity index (χ4v) is 3.64. The molecular formula is C22H25Cl2N5O4. The van der Waals surface area contributed by atoms with Crippen molar-refractivity contribution in [3.8, 4) is 11.5 Å². The zero-order chi connectivity index (χ0) is 23.8. The van der Waals surface area contributed by atoms with E-state index < -0.39 is 5.63 Å². The number of pyridine rings is 1. The van der Waals surface area contributed by atoms with Crippen LogP contribution in [0, 0.1) is 0 Å². The Morgan fingerprint density at radius 2 is 1.97 bits per heavy atom. The normalized spacial score (nSPS) is 11.2. The lowest BCUT2D eigenvalue weighted by Gasteiger charge is -2.16. The van der Waals surface area contributed by atoms with Crippen molar-refractivity contribution in [1.82, 2.24) is 9.99 Å². The van der Waals surface area contributed by atoms with Crippen LogP contribution in [0.15, 0.2) is 52.2 Å². The highest BCUT2D eigenvalue weighted by atomic mass is 35.5. The number of nitrogens with one attached hydrogen (secondary N) is 1. The Kier molecular flexibility index (Phi) is 8.65. The fourth-order valence-electron chi connectivity index (χ4n) is 3.18. The van der Waals surface area contributed by atoms with Gasteiger partial charge in [0.2, 0.25) is 5.75 Å². The molecule has 0 saturated heterocycles. The maximum atomic E-state index is 12.3. The topological polar surface area (TPSA) is 129 Å². The number of aromatic nitrogens is 1. The van der Waals surface area contributed by atoms with Crippen LogP contribution in [0.25, 0.3) is 11.0 Å². The Balaban J connectivity index is 1.82. The number of fused-ring (bicyclic) bond motifs is 1. The van der Waals surface area contributed by atoms with E-state index in [0.29, 0.717) is 51.5 Å². The lowest BCUT2D eigenvalue weighted by molar-refractivity contribution is 0.279. The predicted molar refractivity (Wildman–Crippen MR) is 130 cm³/mol. The Morgan fingerprint density at radius 1 is 1.21 bits per heavy atom. The third-order valence-corrected chi connectivity index (χ3v) is 5.32. The summed E-state index contributed by atoms with van der Waals surface area (Å²) >= 11 is 12.4. The third-order valence-electron chi connectivity index (χ3n) is 4.75. The highest BCUT2D eigenvalue weighted by Crippen LogP contribution is 2.40. The van der Waals surface area contributed by atoms with Crippen LogP contribution in [0.4, 0.5) is 11.4 Å². The van der Waals surface area contributed by atoms with Crippen molar-refractivity contribution in [2.45, 2.75) is 19.3 Å². The predicted octanol–water partition coefficient (Wildman–Crippen LogP) is 4.40. The first-order chi connectivity index (χ1) is 15.9. The monoisotopic (exact) mass is 493 g/mol. The molecule has 3 aromatic rings. The average Bonchev–Trinajstić information content (AvgIpc) is 2.78. The van der Waals surface area contributed by atoms with Gasteiger partial charge in [0, 0.05) is 42.8 Å². The van der Waals surface area contributed by atoms with Gasteiger partial charge in [-0.2, -0.15) is 0 Å². The number of methoxy groups -OCH3 is 1. The molecule has 0 bridgehead atoms. The van der Waals surface area contributed by atoms with Crippen molar-refractivity contribution in [3.05, 3.63) is 63.5 Å². The molecule has 0 fully saturated rings. The summed E-state index contributed by atoms with van der Waals surface area (Å²) in [5.74, 6) is 6.53. The van der Waals surface area contributed by atoms with E-state index in [2.05, 4.69) is 10.3 Å². The minimum absolute atomic E-state index is 0.256. The first-order valence-electron chi connectivity index (χ1n) is 10.2. The van der Waals surface area contributed by atoms with Gasteiger partial charge in [-0.3, -0.25) is 4.98 Å². The molecule has 176 valence electrons. The van der Waals surface area contributed by atoms with Crippen molar-refractivity contribution in [2.75, 3.05) is 25.6 Å². The van der Waals surface area contributed by atoms with Gasteiger partial charge in [-0.1, -0.05) is 23.2 Å². The summed E-state index contributed by atoms with van der Waals surface area (Å²) in [4.78, 5) is 16.3. The summed E-state index contributed by atoms with van der Waals surface area (Å²) in [6, 6.07) is 4.82. The molecule has 3 rings (SSSR count). The molecule has 0 unspecified atom stereocenters. The third kappa shape index (κ3) is 6.22. The Labute approximate surface area is 200 Å². The summed E-state index contributed by atoms with van der Waals surface area (Å²) in [7, 11) is 1.52. The molecule has 0 atom stereocenters. The molecule has 1 aromatic carbocycles. The second kappa shape index (κ2) is 11.6. The van der Waals surface area contributed by atoms with E-state index in [9.17, 15) is 4.79 Å². The quantitative estimate of drug-likeness (QED) is 0.154. The number of rotatable bonds is 11. The van der Waals surface area contributed by atoms with Gasteiger partial charge in [-0.25, -0.2) is 10.6 Å². The van der Waals surface area contributed by atoms with Crippen LogP contribution in [-0.4, -0.2) is 30.3 Å². The maximum Gasteiger partial charge on any atom is 0.338 e. The molecular weight excluding hydrogens is 469 g/mol. The van der Waals surface area contributed by atoms with Gasteiger partial charge in [0.05, 0.1) is 35.1 Å². The molecule has 0 aliphatic heterocycles. The molecule has 0 aliphatic rings. The van der Waals surface area contributed by atoms with E-state index in [1.54, 1.807) is 18.3 Å². The number of unbranched alkanes of at least 4 members (excludes halogenated alkanes) is 2. The first kappa shape index (κ1) is 24.5. The van der Waals surface area contributed by atoms with Gasteiger partial charge in [0.15, 0.2) is 11.3 Å². The second-order valence-electron chi connectivity index (χ2n) is 7.04. The minimum atomic E-state index is -0.569. The van der Waals surface area contributed by atoms with Crippen LogP contribution in [-0.2, 0) is 0 Å². The van der Waals surface area contributed by atoms with Crippen molar-refractivity contribution in [2.24, 2.45) is 11.6 Å². The van der Waals surface area contributed by atoms with E-state index >= 15 is 0 Å². The zero-order valence-corrected chi connectivity index (χ0v) is 19.5. The second-order valence-corrected chi connectivity index (χ2v) is 7.86. The minimum Gasteiger partial charge on any atom is -0.493 e. The summed E-state index contributed by atoms with van der Waals surface area (Å²) < 4.78 is 16.9. The van der Waals surface area contributed by atoms with Crippen LogP contribution in [0.5, 0.6) is 11.5 Å². The Bertz CT molecular complexity index is 1170. The molecule has 33 heavy (non-hydrogen) atoms. The number of nitrogens with zero attached hydrogens (tertiary/aromatic N) is 2. The van der Waals surface area contributed by atoms with Crippen molar-refractivity contribution in [1.29, 1.82) is 0 Å². The fraction of sp³-hybridized carbons (Fsp3) is 0.273. The highest BCUT2D eigenvalue weighted by Gasteiger charge is 2.17. The van der Waals surface area contributed by atoms with Gasteiger partial charge >= 0.3 is 5.63 Å². The molecule has 0 aliphatic carbocycles. The lowest BCUT2D eigenvalue weighted by Crippen LogP contribution is -2.26. The van der Waals surface area contributed by atoms with Gasteiger partial charge in [0.1, 0.15) is 0 Å². The van der Waals surface area contributed by atoms with Crippen molar-refractivity contribution < 1.29 is 13.9 Å². The number of ether oxygens (including phenoxy) is 2. The molecule has 9 nitrogen and oxygen atoms in total. The molecule has 11 heteroatoms. The van der Waals surface area contributed by atoms with Crippen LogP contribution < -0.4 is 32.0 Å². The molecule has 5 N–H and O–H groups in total. The standard InChI is InChI=1S/C22H25Cl2N5O4/c1-31-18-6-5-14-17(28-20-15(23)12-27-13-16(20)24)11-19(30)33-21(14)22(18)32-10-4-2-3-8-29(26)9-7-25/h5-7,9,11-13H,2-4,8,10,25-26H2,1H3,(H,27,28)/b9-7-. The number of hydrazine groups is 1. The molecule has 0 saturated carbocycles. The Morgan fingerprint density at radius 3 is 2.67 bits per heavy atom.